The molecule has 0 fully saturated rings. The van der Waals surface area contributed by atoms with E-state index in [1.165, 1.54) is 12.1 Å². The maximum atomic E-state index is 13.4. The van der Waals surface area contributed by atoms with Gasteiger partial charge < -0.3 is 9.05 Å². The number of hydrogen-bond acceptors (Lipinski definition) is 5. The lowest BCUT2D eigenvalue weighted by Crippen LogP contribution is -2.30. The van der Waals surface area contributed by atoms with Gasteiger partial charge in [-0.15, -0.1) is 0 Å². The van der Waals surface area contributed by atoms with Crippen molar-refractivity contribution in [1.29, 1.82) is 0 Å². The Bertz CT molecular complexity index is 859. The zero-order valence-electron chi connectivity index (χ0n) is 15.8. The molecule has 148 valence electrons. The summed E-state index contributed by atoms with van der Waals surface area (Å²) in [5.41, 5.74) is 1.54. The molecule has 0 radical (unpaired) electrons. The Morgan fingerprint density at radius 1 is 0.926 bits per heavy atom. The van der Waals surface area contributed by atoms with Gasteiger partial charge in [0.2, 0.25) is 10.0 Å². The van der Waals surface area contributed by atoms with Crippen molar-refractivity contribution in [3.63, 3.8) is 0 Å². The maximum absolute atomic E-state index is 13.4. The molecule has 0 saturated carbocycles. The van der Waals surface area contributed by atoms with Crippen molar-refractivity contribution in [2.24, 2.45) is 0 Å². The van der Waals surface area contributed by atoms with Gasteiger partial charge in [0.1, 0.15) is 5.78 Å². The lowest BCUT2D eigenvalue weighted by Gasteiger charge is -2.27. The van der Waals surface area contributed by atoms with Crippen LogP contribution in [0.25, 0.3) is 0 Å². The standard InChI is InChI=1S/C19H26NO5PS/c1-4-16-12-14-18(15-13-16)27(22,23)20-19(17-10-8-7-9-11-17)26(21,24-5-2)25-6-3/h7-15,19-20H,4-6H2,1-3H3. The van der Waals surface area contributed by atoms with E-state index >= 15 is 0 Å². The van der Waals surface area contributed by atoms with E-state index in [9.17, 15) is 13.0 Å². The quantitative estimate of drug-likeness (QED) is 0.583. The predicted octanol–water partition coefficient (Wildman–Crippen LogP) is 4.49. The summed E-state index contributed by atoms with van der Waals surface area (Å²) in [6, 6.07) is 15.3. The van der Waals surface area contributed by atoms with Crippen LogP contribution in [0.5, 0.6) is 0 Å². The van der Waals surface area contributed by atoms with Gasteiger partial charge in [-0.05, 0) is 43.5 Å². The molecule has 0 aliphatic heterocycles. The van der Waals surface area contributed by atoms with Crippen molar-refractivity contribution in [3.8, 4) is 0 Å². The summed E-state index contributed by atoms with van der Waals surface area (Å²) in [6.45, 7) is 5.63. The summed E-state index contributed by atoms with van der Waals surface area (Å²) in [6.07, 6.45) is 0.810. The van der Waals surface area contributed by atoms with Crippen molar-refractivity contribution in [2.45, 2.75) is 37.9 Å². The minimum atomic E-state index is -3.93. The maximum Gasteiger partial charge on any atom is 0.352 e. The summed E-state index contributed by atoms with van der Waals surface area (Å²) in [7, 11) is -7.71. The fourth-order valence-electron chi connectivity index (χ4n) is 2.62. The summed E-state index contributed by atoms with van der Waals surface area (Å²) in [5.74, 6) is -1.14. The topological polar surface area (TPSA) is 81.7 Å². The first-order valence-electron chi connectivity index (χ1n) is 8.91. The summed E-state index contributed by atoms with van der Waals surface area (Å²) in [5, 5.41) is 0. The van der Waals surface area contributed by atoms with Crippen molar-refractivity contribution in [3.05, 3.63) is 65.7 Å². The number of nitrogens with one attached hydrogen (secondary N) is 1. The highest BCUT2D eigenvalue weighted by atomic mass is 32.2. The van der Waals surface area contributed by atoms with E-state index in [1.807, 2.05) is 6.92 Å². The van der Waals surface area contributed by atoms with Crippen LogP contribution < -0.4 is 4.72 Å². The van der Waals surface area contributed by atoms with Crippen LogP contribution in [0.1, 0.15) is 37.7 Å². The molecule has 1 N–H and O–H groups in total. The Kier molecular flexibility index (Phi) is 7.77. The lowest BCUT2D eigenvalue weighted by molar-refractivity contribution is 0.210. The highest BCUT2D eigenvalue weighted by Gasteiger charge is 2.40. The van der Waals surface area contributed by atoms with Gasteiger partial charge in [-0.2, -0.15) is 4.72 Å². The normalized spacial score (nSPS) is 13.4. The van der Waals surface area contributed by atoms with Crippen LogP contribution in [-0.2, 0) is 30.1 Å². The molecule has 0 amide bonds. The Balaban J connectivity index is 2.45. The molecule has 27 heavy (non-hydrogen) atoms. The van der Waals surface area contributed by atoms with Crippen LogP contribution >= 0.6 is 7.60 Å². The highest BCUT2D eigenvalue weighted by molar-refractivity contribution is 7.89. The lowest BCUT2D eigenvalue weighted by atomic mass is 10.2. The molecule has 2 aromatic carbocycles. The SMILES string of the molecule is CCOP(=O)(OCC)C(NS(=O)(=O)c1ccc(CC)cc1)c1ccccc1. The minimum absolute atomic E-state index is 0.0974. The third-order valence-electron chi connectivity index (χ3n) is 3.96. The first-order valence-corrected chi connectivity index (χ1v) is 12.0. The minimum Gasteiger partial charge on any atom is -0.308 e. The van der Waals surface area contributed by atoms with E-state index in [2.05, 4.69) is 4.72 Å². The molecule has 0 saturated heterocycles. The number of aryl methyl sites for hydroxylation is 1. The predicted molar refractivity (Wildman–Crippen MR) is 106 cm³/mol. The fraction of sp³-hybridized carbons (Fsp3) is 0.368. The third kappa shape index (κ3) is 5.50. The summed E-state index contributed by atoms with van der Waals surface area (Å²) in [4.78, 5) is 0.0974. The highest BCUT2D eigenvalue weighted by Crippen LogP contribution is 2.59. The van der Waals surface area contributed by atoms with Crippen LogP contribution in [0.2, 0.25) is 0 Å². The zero-order valence-corrected chi connectivity index (χ0v) is 17.5. The van der Waals surface area contributed by atoms with Gasteiger partial charge >= 0.3 is 7.60 Å². The van der Waals surface area contributed by atoms with Crippen molar-refractivity contribution >= 4 is 17.6 Å². The van der Waals surface area contributed by atoms with Crippen LogP contribution in [0.3, 0.4) is 0 Å². The third-order valence-corrected chi connectivity index (χ3v) is 7.87. The van der Waals surface area contributed by atoms with E-state index < -0.39 is 23.4 Å². The molecule has 0 aliphatic carbocycles. The average Bonchev–Trinajstić information content (AvgIpc) is 2.67. The molecular formula is C19H26NO5PS. The van der Waals surface area contributed by atoms with Gasteiger partial charge in [0.15, 0.2) is 0 Å². The van der Waals surface area contributed by atoms with E-state index in [0.29, 0.717) is 5.56 Å². The Morgan fingerprint density at radius 2 is 1.48 bits per heavy atom. The van der Waals surface area contributed by atoms with Crippen LogP contribution in [0.15, 0.2) is 59.5 Å². The van der Waals surface area contributed by atoms with Crippen molar-refractivity contribution < 1.29 is 22.0 Å². The van der Waals surface area contributed by atoms with Crippen LogP contribution in [0.4, 0.5) is 0 Å². The van der Waals surface area contributed by atoms with E-state index in [1.54, 1.807) is 56.3 Å². The number of benzene rings is 2. The first kappa shape index (κ1) is 21.8. The molecule has 0 aromatic heterocycles. The number of sulfonamides is 1. The molecular weight excluding hydrogens is 385 g/mol. The summed E-state index contributed by atoms with van der Waals surface area (Å²) < 4.78 is 52.6. The van der Waals surface area contributed by atoms with Gasteiger partial charge in [-0.3, -0.25) is 4.57 Å². The van der Waals surface area contributed by atoms with Gasteiger partial charge in [-0.1, -0.05) is 49.4 Å². The number of hydrogen-bond donors (Lipinski definition) is 1. The van der Waals surface area contributed by atoms with Gasteiger partial charge in [0, 0.05) is 0 Å². The molecule has 6 nitrogen and oxygen atoms in total. The fourth-order valence-corrected chi connectivity index (χ4v) is 6.24. The Morgan fingerprint density at radius 3 is 1.96 bits per heavy atom. The second kappa shape index (κ2) is 9.62. The van der Waals surface area contributed by atoms with Crippen molar-refractivity contribution in [2.75, 3.05) is 13.2 Å². The molecule has 0 aliphatic rings. The molecule has 2 aromatic rings. The molecule has 0 heterocycles. The largest absolute Gasteiger partial charge is 0.352 e. The molecule has 0 spiro atoms. The molecule has 0 bridgehead atoms. The van der Waals surface area contributed by atoms with Crippen LogP contribution in [0, 0.1) is 0 Å². The zero-order chi connectivity index (χ0) is 19.9. The van der Waals surface area contributed by atoms with Crippen LogP contribution in [-0.4, -0.2) is 21.6 Å². The Hall–Kier alpha value is -1.50. The smallest absolute Gasteiger partial charge is 0.308 e. The van der Waals surface area contributed by atoms with E-state index in [-0.39, 0.29) is 18.1 Å². The molecule has 1 atom stereocenters. The van der Waals surface area contributed by atoms with E-state index in [0.717, 1.165) is 12.0 Å². The van der Waals surface area contributed by atoms with Crippen molar-refractivity contribution in [1.82, 2.24) is 4.72 Å². The first-order chi connectivity index (χ1) is 12.9. The molecule has 8 heteroatoms. The second-order valence-electron chi connectivity index (χ2n) is 5.81. The van der Waals surface area contributed by atoms with Gasteiger partial charge in [0.25, 0.3) is 0 Å². The van der Waals surface area contributed by atoms with Gasteiger partial charge in [0.05, 0.1) is 18.1 Å². The molecule has 2 rings (SSSR count). The molecule has 1 unspecified atom stereocenters. The summed E-state index contributed by atoms with van der Waals surface area (Å²) >= 11 is 0. The number of rotatable bonds is 10. The Labute approximate surface area is 161 Å². The van der Waals surface area contributed by atoms with Gasteiger partial charge in [-0.25, -0.2) is 8.42 Å². The average molecular weight is 411 g/mol. The monoisotopic (exact) mass is 411 g/mol. The second-order valence-corrected chi connectivity index (χ2v) is 9.63. The van der Waals surface area contributed by atoms with E-state index in [4.69, 9.17) is 9.05 Å².